The van der Waals surface area contributed by atoms with Crippen LogP contribution in [0.25, 0.3) is 0 Å². The molecule has 0 aromatic heterocycles. The van der Waals surface area contributed by atoms with Gasteiger partial charge in [0.05, 0.1) is 18.9 Å². The lowest BCUT2D eigenvalue weighted by atomic mass is 9.99. The van der Waals surface area contributed by atoms with Crippen LogP contribution in [-0.4, -0.2) is 79.5 Å². The third-order valence-corrected chi connectivity index (χ3v) is 7.50. The van der Waals surface area contributed by atoms with Gasteiger partial charge in [-0.25, -0.2) is 0 Å². The van der Waals surface area contributed by atoms with Gasteiger partial charge in [0.25, 0.3) is 11.8 Å². The lowest BCUT2D eigenvalue weighted by Crippen LogP contribution is -2.48. The largest absolute Gasteiger partial charge is 0.379 e. The number of likely N-dealkylation sites (tertiary alicyclic amines) is 1. The van der Waals surface area contributed by atoms with Gasteiger partial charge >= 0.3 is 0 Å². The fourth-order valence-corrected chi connectivity index (χ4v) is 5.33. The Hall–Kier alpha value is -1.61. The number of amides is 2. The van der Waals surface area contributed by atoms with Crippen LogP contribution in [0.4, 0.5) is 5.69 Å². The highest BCUT2D eigenvalue weighted by Crippen LogP contribution is 2.37. The van der Waals surface area contributed by atoms with Crippen LogP contribution in [0, 0.1) is 5.92 Å². The van der Waals surface area contributed by atoms with Crippen molar-refractivity contribution in [1.29, 1.82) is 0 Å². The molecule has 0 radical (unpaired) electrons. The Kier molecular flexibility index (Phi) is 7.30. The first-order valence-corrected chi connectivity index (χ1v) is 11.9. The van der Waals surface area contributed by atoms with Crippen molar-refractivity contribution in [3.05, 3.63) is 23.8 Å². The number of morpholine rings is 1. The molecule has 0 spiro atoms. The molecule has 0 saturated carbocycles. The van der Waals surface area contributed by atoms with Gasteiger partial charge in [-0.05, 0) is 63.0 Å². The Balaban J connectivity index is 1.27. The SMILES string of the molecule is CC1CCN(CCCNC(=O)c2ccc3c(c2)NC(=O)[C@@H](N2CCOCC2)S3)CC1. The summed E-state index contributed by atoms with van der Waals surface area (Å²) in [7, 11) is 0. The summed E-state index contributed by atoms with van der Waals surface area (Å²) in [4.78, 5) is 30.8. The Morgan fingerprint density at radius 3 is 2.77 bits per heavy atom. The van der Waals surface area contributed by atoms with Crippen molar-refractivity contribution >= 4 is 29.3 Å². The Morgan fingerprint density at radius 1 is 1.23 bits per heavy atom. The summed E-state index contributed by atoms with van der Waals surface area (Å²) in [6, 6.07) is 5.58. The summed E-state index contributed by atoms with van der Waals surface area (Å²) in [5.41, 5.74) is 1.32. The Bertz CT molecular complexity index is 761. The van der Waals surface area contributed by atoms with E-state index in [0.717, 1.165) is 42.6 Å². The molecule has 8 heteroatoms. The monoisotopic (exact) mass is 432 g/mol. The van der Waals surface area contributed by atoms with Crippen LogP contribution in [0.15, 0.2) is 23.1 Å². The van der Waals surface area contributed by atoms with E-state index >= 15 is 0 Å². The first kappa shape index (κ1) is 21.6. The minimum Gasteiger partial charge on any atom is -0.379 e. The average Bonchev–Trinajstić information content (AvgIpc) is 2.77. The fraction of sp³-hybridized carbons (Fsp3) is 0.636. The summed E-state index contributed by atoms with van der Waals surface area (Å²) in [6.07, 6.45) is 3.51. The van der Waals surface area contributed by atoms with E-state index in [9.17, 15) is 9.59 Å². The maximum Gasteiger partial charge on any atom is 0.252 e. The Labute approximate surface area is 182 Å². The molecule has 2 N–H and O–H groups in total. The smallest absolute Gasteiger partial charge is 0.252 e. The number of benzene rings is 1. The zero-order valence-electron chi connectivity index (χ0n) is 17.7. The van der Waals surface area contributed by atoms with E-state index in [1.54, 1.807) is 17.8 Å². The molecule has 7 nitrogen and oxygen atoms in total. The van der Waals surface area contributed by atoms with E-state index in [1.807, 2.05) is 12.1 Å². The molecule has 2 amide bonds. The minimum atomic E-state index is -0.237. The highest BCUT2D eigenvalue weighted by molar-refractivity contribution is 8.00. The summed E-state index contributed by atoms with van der Waals surface area (Å²) < 4.78 is 5.39. The van der Waals surface area contributed by atoms with Crippen molar-refractivity contribution in [3.63, 3.8) is 0 Å². The van der Waals surface area contributed by atoms with Gasteiger partial charge < -0.3 is 20.3 Å². The van der Waals surface area contributed by atoms with Gasteiger partial charge in [-0.15, -0.1) is 0 Å². The molecule has 1 aromatic rings. The summed E-state index contributed by atoms with van der Waals surface area (Å²) >= 11 is 1.55. The Morgan fingerprint density at radius 2 is 2.00 bits per heavy atom. The summed E-state index contributed by atoms with van der Waals surface area (Å²) in [6.45, 7) is 9.20. The fourth-order valence-electron chi connectivity index (χ4n) is 4.18. The molecule has 164 valence electrons. The number of fused-ring (bicyclic) bond motifs is 1. The second-order valence-corrected chi connectivity index (χ2v) is 9.57. The average molecular weight is 433 g/mol. The van der Waals surface area contributed by atoms with Crippen molar-refractivity contribution < 1.29 is 14.3 Å². The van der Waals surface area contributed by atoms with Crippen LogP contribution in [-0.2, 0) is 9.53 Å². The quantitative estimate of drug-likeness (QED) is 0.672. The van der Waals surface area contributed by atoms with Gasteiger partial charge in [-0.2, -0.15) is 0 Å². The number of carbonyl (C=O) groups excluding carboxylic acids is 2. The number of nitrogens with zero attached hydrogens (tertiary/aromatic N) is 2. The maximum absolute atomic E-state index is 12.6. The standard InChI is InChI=1S/C22H32N4O3S/c1-16-5-9-25(10-6-16)8-2-7-23-20(27)17-3-4-19-18(15-17)24-21(28)22(30-19)26-11-13-29-14-12-26/h3-4,15-16,22H,2,5-14H2,1H3,(H,23,27)(H,24,28)/t22-/m0/s1. The zero-order valence-corrected chi connectivity index (χ0v) is 18.5. The van der Waals surface area contributed by atoms with E-state index in [4.69, 9.17) is 4.74 Å². The van der Waals surface area contributed by atoms with Crippen molar-refractivity contribution in [2.75, 3.05) is 57.8 Å². The van der Waals surface area contributed by atoms with Gasteiger partial charge in [-0.3, -0.25) is 14.5 Å². The van der Waals surface area contributed by atoms with Crippen molar-refractivity contribution in [2.45, 2.75) is 36.5 Å². The number of piperidine rings is 1. The highest BCUT2D eigenvalue weighted by atomic mass is 32.2. The normalized spacial score (nSPS) is 23.6. The number of hydrogen-bond donors (Lipinski definition) is 2. The number of thioether (sulfide) groups is 1. The molecule has 3 aliphatic rings. The highest BCUT2D eigenvalue weighted by Gasteiger charge is 2.33. The van der Waals surface area contributed by atoms with E-state index < -0.39 is 0 Å². The molecule has 3 aliphatic heterocycles. The minimum absolute atomic E-state index is 0.0252. The van der Waals surface area contributed by atoms with Gasteiger partial charge in [-0.1, -0.05) is 18.7 Å². The van der Waals surface area contributed by atoms with Gasteiger partial charge in [0.15, 0.2) is 0 Å². The predicted octanol–water partition coefficient (Wildman–Crippen LogP) is 2.24. The lowest BCUT2D eigenvalue weighted by Gasteiger charge is -2.35. The van der Waals surface area contributed by atoms with Crippen molar-refractivity contribution in [3.8, 4) is 0 Å². The summed E-state index contributed by atoms with van der Waals surface area (Å²) in [5.74, 6) is 0.732. The third-order valence-electron chi connectivity index (χ3n) is 6.15. The second kappa shape index (κ2) is 10.1. The molecule has 2 saturated heterocycles. The molecule has 30 heavy (non-hydrogen) atoms. The number of anilines is 1. The van der Waals surface area contributed by atoms with Crippen LogP contribution in [0.5, 0.6) is 0 Å². The third kappa shape index (κ3) is 5.35. The van der Waals surface area contributed by atoms with E-state index in [-0.39, 0.29) is 17.2 Å². The van der Waals surface area contributed by atoms with Gasteiger partial charge in [0.1, 0.15) is 5.37 Å². The first-order valence-electron chi connectivity index (χ1n) is 11.0. The van der Waals surface area contributed by atoms with Gasteiger partial charge in [0.2, 0.25) is 0 Å². The molecule has 2 fully saturated rings. The van der Waals surface area contributed by atoms with Crippen molar-refractivity contribution in [1.82, 2.24) is 15.1 Å². The topological polar surface area (TPSA) is 73.9 Å². The number of carbonyl (C=O) groups is 2. The predicted molar refractivity (Wildman–Crippen MR) is 119 cm³/mol. The molecule has 0 unspecified atom stereocenters. The molecule has 0 bridgehead atoms. The summed E-state index contributed by atoms with van der Waals surface area (Å²) in [5, 5.41) is 5.77. The van der Waals surface area contributed by atoms with E-state index in [1.165, 1.54) is 25.9 Å². The lowest BCUT2D eigenvalue weighted by molar-refractivity contribution is -0.119. The van der Waals surface area contributed by atoms with E-state index in [2.05, 4.69) is 27.4 Å². The molecule has 4 rings (SSSR count). The molecular weight excluding hydrogens is 400 g/mol. The molecular formula is C22H32N4O3S. The van der Waals surface area contributed by atoms with Crippen molar-refractivity contribution in [2.24, 2.45) is 5.92 Å². The number of hydrogen-bond acceptors (Lipinski definition) is 6. The molecule has 1 aromatic carbocycles. The maximum atomic E-state index is 12.6. The van der Waals surface area contributed by atoms with E-state index in [0.29, 0.717) is 25.3 Å². The zero-order chi connectivity index (χ0) is 20.9. The first-order chi connectivity index (χ1) is 14.6. The van der Waals surface area contributed by atoms with Gasteiger partial charge in [0, 0.05) is 30.1 Å². The van der Waals surface area contributed by atoms with Crippen LogP contribution >= 0.6 is 11.8 Å². The number of nitrogens with one attached hydrogen (secondary N) is 2. The number of ether oxygens (including phenoxy) is 1. The van der Waals surface area contributed by atoms with Crippen LogP contribution in [0.3, 0.4) is 0 Å². The number of rotatable bonds is 6. The second-order valence-electron chi connectivity index (χ2n) is 8.45. The van der Waals surface area contributed by atoms with Crippen LogP contribution in [0.1, 0.15) is 36.5 Å². The van der Waals surface area contributed by atoms with Crippen LogP contribution < -0.4 is 10.6 Å². The molecule has 1 atom stereocenters. The molecule has 3 heterocycles. The van der Waals surface area contributed by atoms with Crippen LogP contribution in [0.2, 0.25) is 0 Å². The molecule has 0 aliphatic carbocycles.